The molecular formula is C30H25N3O7S. The zero-order valence-electron chi connectivity index (χ0n) is 21.6. The number of hydrogen-bond donors (Lipinski definition) is 2. The summed E-state index contributed by atoms with van der Waals surface area (Å²) in [6, 6.07) is 27.3. The van der Waals surface area contributed by atoms with Gasteiger partial charge in [0.2, 0.25) is 0 Å². The van der Waals surface area contributed by atoms with Crippen LogP contribution in [0.25, 0.3) is 11.1 Å². The van der Waals surface area contributed by atoms with Crippen LogP contribution in [0.5, 0.6) is 0 Å². The summed E-state index contributed by atoms with van der Waals surface area (Å²) in [6.07, 6.45) is -0.886. The molecule has 41 heavy (non-hydrogen) atoms. The quantitative estimate of drug-likeness (QED) is 0.221. The van der Waals surface area contributed by atoms with Gasteiger partial charge in [-0.25, -0.2) is 17.9 Å². The third-order valence-electron chi connectivity index (χ3n) is 6.83. The molecule has 0 heterocycles. The number of hydrogen-bond acceptors (Lipinski definition) is 7. The Kier molecular flexibility index (Phi) is 7.79. The van der Waals surface area contributed by atoms with Gasteiger partial charge in [0.05, 0.1) is 9.82 Å². The van der Waals surface area contributed by atoms with E-state index in [0.717, 1.165) is 46.5 Å². The molecule has 208 valence electrons. The Bertz CT molecular complexity index is 1660. The Hall–Kier alpha value is -5.03. The van der Waals surface area contributed by atoms with E-state index in [1.54, 1.807) is 30.3 Å². The molecule has 0 aliphatic heterocycles. The van der Waals surface area contributed by atoms with E-state index < -0.39 is 33.0 Å². The van der Waals surface area contributed by atoms with Crippen molar-refractivity contribution in [2.24, 2.45) is 0 Å². The van der Waals surface area contributed by atoms with Gasteiger partial charge < -0.3 is 10.1 Å². The minimum absolute atomic E-state index is 0.00729. The van der Waals surface area contributed by atoms with E-state index in [-0.39, 0.29) is 29.5 Å². The maximum atomic E-state index is 13.2. The number of amides is 2. The molecule has 4 aromatic rings. The maximum absolute atomic E-state index is 13.2. The molecule has 0 fully saturated rings. The molecule has 0 unspecified atom stereocenters. The molecule has 2 N–H and O–H groups in total. The topological polar surface area (TPSA) is 145 Å². The fraction of sp³-hybridized carbons (Fsp3) is 0.133. The van der Waals surface area contributed by atoms with Gasteiger partial charge in [-0.05, 0) is 39.9 Å². The standard InChI is InChI=1S/C30H25N3O7S/c34-29(32-41(38,39)22-16-14-21(15-17-22)33(36)37)28(18-20-8-2-1-3-9-20)31-30(35)40-19-27-25-12-6-4-10-23(25)24-11-5-7-13-26(24)27/h1-17,27-28H,18-19H2,(H,31,35)(H,32,34)/t28-/m0/s1. The molecule has 0 saturated carbocycles. The van der Waals surface area contributed by atoms with Crippen molar-refractivity contribution in [1.82, 2.24) is 10.0 Å². The molecule has 10 nitrogen and oxygen atoms in total. The van der Waals surface area contributed by atoms with Gasteiger partial charge in [-0.1, -0.05) is 78.9 Å². The van der Waals surface area contributed by atoms with E-state index in [2.05, 4.69) is 5.32 Å². The number of carbonyl (C=O) groups excluding carboxylic acids is 2. The van der Waals surface area contributed by atoms with Crippen molar-refractivity contribution in [3.63, 3.8) is 0 Å². The lowest BCUT2D eigenvalue weighted by Crippen LogP contribution is -2.49. The highest BCUT2D eigenvalue weighted by Gasteiger charge is 2.31. The molecule has 1 atom stereocenters. The van der Waals surface area contributed by atoms with Gasteiger partial charge in [-0.15, -0.1) is 0 Å². The summed E-state index contributed by atoms with van der Waals surface area (Å²) < 4.78 is 33.2. The maximum Gasteiger partial charge on any atom is 0.407 e. The van der Waals surface area contributed by atoms with Crippen molar-refractivity contribution in [2.45, 2.75) is 23.3 Å². The third-order valence-corrected chi connectivity index (χ3v) is 8.19. The number of non-ortho nitro benzene ring substituents is 1. The van der Waals surface area contributed by atoms with Crippen molar-refractivity contribution in [1.29, 1.82) is 0 Å². The van der Waals surface area contributed by atoms with Crippen LogP contribution in [0.1, 0.15) is 22.6 Å². The van der Waals surface area contributed by atoms with Crippen molar-refractivity contribution in [3.8, 4) is 11.1 Å². The lowest BCUT2D eigenvalue weighted by atomic mass is 9.98. The van der Waals surface area contributed by atoms with Crippen LogP contribution < -0.4 is 10.0 Å². The lowest BCUT2D eigenvalue weighted by molar-refractivity contribution is -0.384. The SMILES string of the molecule is O=C(N[C@@H](Cc1ccccc1)C(=O)NS(=O)(=O)c1ccc([N+](=O)[O-])cc1)OCC1c2ccccc2-c2ccccc21. The summed E-state index contributed by atoms with van der Waals surface area (Å²) in [5.74, 6) is -1.18. The van der Waals surface area contributed by atoms with E-state index in [4.69, 9.17) is 4.74 Å². The average molecular weight is 572 g/mol. The highest BCUT2D eigenvalue weighted by Crippen LogP contribution is 2.44. The molecule has 0 aromatic heterocycles. The van der Waals surface area contributed by atoms with Crippen molar-refractivity contribution in [3.05, 3.63) is 130 Å². The summed E-state index contributed by atoms with van der Waals surface area (Å²) in [7, 11) is -4.38. The number of carbonyl (C=O) groups is 2. The van der Waals surface area contributed by atoms with Gasteiger partial charge in [0, 0.05) is 24.5 Å². The minimum Gasteiger partial charge on any atom is -0.449 e. The number of nitro groups is 1. The number of nitrogens with one attached hydrogen (secondary N) is 2. The van der Waals surface area contributed by atoms with Crippen LogP contribution >= 0.6 is 0 Å². The van der Waals surface area contributed by atoms with Crippen LogP contribution in [0.3, 0.4) is 0 Å². The van der Waals surface area contributed by atoms with Crippen molar-refractivity contribution in [2.75, 3.05) is 6.61 Å². The smallest absolute Gasteiger partial charge is 0.407 e. The third kappa shape index (κ3) is 6.10. The van der Waals surface area contributed by atoms with E-state index in [9.17, 15) is 28.1 Å². The van der Waals surface area contributed by atoms with E-state index >= 15 is 0 Å². The van der Waals surface area contributed by atoms with E-state index in [1.807, 2.05) is 53.3 Å². The second-order valence-electron chi connectivity index (χ2n) is 9.43. The monoisotopic (exact) mass is 571 g/mol. The van der Waals surface area contributed by atoms with Crippen molar-refractivity contribution >= 4 is 27.7 Å². The van der Waals surface area contributed by atoms with Gasteiger partial charge >= 0.3 is 6.09 Å². The first-order valence-electron chi connectivity index (χ1n) is 12.7. The minimum atomic E-state index is -4.38. The number of sulfonamides is 1. The summed E-state index contributed by atoms with van der Waals surface area (Å²) in [5.41, 5.74) is 4.56. The fourth-order valence-electron chi connectivity index (χ4n) is 4.85. The Balaban J connectivity index is 1.30. The molecule has 11 heteroatoms. The number of nitro benzene ring substituents is 1. The first kappa shape index (κ1) is 27.5. The fourth-order valence-corrected chi connectivity index (χ4v) is 5.87. The Morgan fingerprint density at radius 3 is 1.98 bits per heavy atom. The second kappa shape index (κ2) is 11.6. The molecule has 5 rings (SSSR count). The van der Waals surface area contributed by atoms with Crippen LogP contribution in [-0.2, 0) is 26.0 Å². The normalized spacial score (nSPS) is 13.0. The number of ether oxygens (including phenoxy) is 1. The van der Waals surface area contributed by atoms with Gasteiger partial charge in [0.1, 0.15) is 12.6 Å². The highest BCUT2D eigenvalue weighted by molar-refractivity contribution is 7.90. The number of benzene rings is 4. The summed E-state index contributed by atoms with van der Waals surface area (Å²) in [4.78, 5) is 36.0. The molecule has 0 radical (unpaired) electrons. The second-order valence-corrected chi connectivity index (χ2v) is 11.1. The van der Waals surface area contributed by atoms with E-state index in [1.165, 1.54) is 0 Å². The Morgan fingerprint density at radius 1 is 0.829 bits per heavy atom. The van der Waals surface area contributed by atoms with Crippen LogP contribution in [0.15, 0.2) is 108 Å². The van der Waals surface area contributed by atoms with Crippen LogP contribution in [-0.4, -0.2) is 38.0 Å². The van der Waals surface area contributed by atoms with Crippen molar-refractivity contribution < 1.29 is 27.7 Å². The zero-order chi connectivity index (χ0) is 29.0. The molecule has 1 aliphatic carbocycles. The lowest BCUT2D eigenvalue weighted by Gasteiger charge is -2.20. The molecule has 2 amide bonds. The predicted molar refractivity (Wildman–Crippen MR) is 151 cm³/mol. The predicted octanol–water partition coefficient (Wildman–Crippen LogP) is 4.55. The summed E-state index contributed by atoms with van der Waals surface area (Å²) in [6.45, 7) is 0.0145. The van der Waals surface area contributed by atoms with Gasteiger partial charge in [-0.3, -0.25) is 14.9 Å². The zero-order valence-corrected chi connectivity index (χ0v) is 22.4. The van der Waals surface area contributed by atoms with Gasteiger partial charge in [0.25, 0.3) is 21.6 Å². The molecule has 4 aromatic carbocycles. The highest BCUT2D eigenvalue weighted by atomic mass is 32.2. The number of rotatable bonds is 9. The summed E-state index contributed by atoms with van der Waals surface area (Å²) in [5, 5.41) is 13.4. The van der Waals surface area contributed by atoms with Crippen LogP contribution in [0.4, 0.5) is 10.5 Å². The number of nitrogens with zero attached hydrogens (tertiary/aromatic N) is 1. The first-order valence-corrected chi connectivity index (χ1v) is 14.2. The summed E-state index contributed by atoms with van der Waals surface area (Å²) >= 11 is 0. The molecular weight excluding hydrogens is 546 g/mol. The average Bonchev–Trinajstić information content (AvgIpc) is 3.29. The molecule has 0 saturated heterocycles. The molecule has 1 aliphatic rings. The van der Waals surface area contributed by atoms with Crippen LogP contribution in [0, 0.1) is 10.1 Å². The molecule has 0 spiro atoms. The van der Waals surface area contributed by atoms with Gasteiger partial charge in [0.15, 0.2) is 0 Å². The largest absolute Gasteiger partial charge is 0.449 e. The number of alkyl carbamates (subject to hydrolysis) is 1. The Labute approximate surface area is 236 Å². The van der Waals surface area contributed by atoms with E-state index in [0.29, 0.717) is 5.56 Å². The number of fused-ring (bicyclic) bond motifs is 3. The van der Waals surface area contributed by atoms with Crippen LogP contribution in [0.2, 0.25) is 0 Å². The first-order chi connectivity index (χ1) is 19.7. The molecule has 0 bridgehead atoms. The Morgan fingerprint density at radius 2 is 1.39 bits per heavy atom. The van der Waals surface area contributed by atoms with Gasteiger partial charge in [-0.2, -0.15) is 0 Å².